The number of ether oxygens (including phenoxy) is 1. The van der Waals surface area contributed by atoms with Gasteiger partial charge in [0, 0.05) is 16.9 Å². The number of carbonyl (C=O) groups excluding carboxylic acids is 1. The number of hydrogen-bond donors (Lipinski definition) is 0. The van der Waals surface area contributed by atoms with Gasteiger partial charge in [-0.15, -0.1) is 23.5 Å². The van der Waals surface area contributed by atoms with Crippen molar-refractivity contribution in [2.24, 2.45) is 22.7 Å². The number of hydrogen-bond acceptors (Lipinski definition) is 4. The highest BCUT2D eigenvalue weighted by molar-refractivity contribution is 8.21. The van der Waals surface area contributed by atoms with Gasteiger partial charge in [-0.3, -0.25) is 0 Å². The van der Waals surface area contributed by atoms with Gasteiger partial charge in [-0.2, -0.15) is 0 Å². The normalized spacial score (nSPS) is 41.8. The summed E-state index contributed by atoms with van der Waals surface area (Å²) in [6.07, 6.45) is 13.4. The lowest BCUT2D eigenvalue weighted by molar-refractivity contribution is -0.135. The first kappa shape index (κ1) is 20.6. The van der Waals surface area contributed by atoms with Crippen LogP contribution >= 0.6 is 35.1 Å². The van der Waals surface area contributed by atoms with Crippen molar-refractivity contribution in [3.05, 3.63) is 33.9 Å². The van der Waals surface area contributed by atoms with Crippen molar-refractivity contribution in [3.63, 3.8) is 0 Å². The van der Waals surface area contributed by atoms with E-state index in [1.165, 1.54) is 44.3 Å². The zero-order chi connectivity index (χ0) is 20.4. The molecule has 5 aliphatic rings. The van der Waals surface area contributed by atoms with Crippen LogP contribution in [0.3, 0.4) is 0 Å². The van der Waals surface area contributed by atoms with Gasteiger partial charge in [0.2, 0.25) is 0 Å². The molecule has 2 saturated carbocycles. The van der Waals surface area contributed by atoms with E-state index in [1.54, 1.807) is 11.1 Å². The maximum absolute atomic E-state index is 12.1. The molecule has 158 valence electrons. The third-order valence-corrected chi connectivity index (χ3v) is 12.5. The SMILES string of the molecule is COC(=O)/C(Cl)=C1/CC[C@H]2[C@@H]3CCC4=CC5(CC[C@]4(C)C3=CC[C@]12C)SCCS5. The van der Waals surface area contributed by atoms with Crippen molar-refractivity contribution >= 4 is 41.1 Å². The molecule has 4 atom stereocenters. The van der Waals surface area contributed by atoms with Gasteiger partial charge in [0.05, 0.1) is 11.2 Å². The second-order valence-corrected chi connectivity index (χ2v) is 13.4. The Kier molecular flexibility index (Phi) is 5.04. The minimum atomic E-state index is -0.372. The van der Waals surface area contributed by atoms with Gasteiger partial charge in [0.25, 0.3) is 0 Å². The molecule has 1 saturated heterocycles. The number of methoxy groups -OCH3 is 1. The summed E-state index contributed by atoms with van der Waals surface area (Å²) < 4.78 is 5.30. The van der Waals surface area contributed by atoms with Crippen molar-refractivity contribution in [1.29, 1.82) is 0 Å². The van der Waals surface area contributed by atoms with Crippen LogP contribution < -0.4 is 0 Å². The number of esters is 1. The van der Waals surface area contributed by atoms with Gasteiger partial charge >= 0.3 is 5.97 Å². The number of carbonyl (C=O) groups is 1. The Labute approximate surface area is 188 Å². The van der Waals surface area contributed by atoms with Crippen molar-refractivity contribution in [2.75, 3.05) is 18.6 Å². The molecular formula is C24H31ClO2S2. The minimum Gasteiger partial charge on any atom is -0.465 e. The Bertz CT molecular complexity index is 838. The molecule has 3 fully saturated rings. The molecule has 1 spiro atoms. The van der Waals surface area contributed by atoms with Gasteiger partial charge in [0.15, 0.2) is 0 Å². The van der Waals surface area contributed by atoms with E-state index >= 15 is 0 Å². The first-order chi connectivity index (χ1) is 13.8. The molecule has 5 heteroatoms. The van der Waals surface area contributed by atoms with Gasteiger partial charge in [0.1, 0.15) is 5.03 Å². The summed E-state index contributed by atoms with van der Waals surface area (Å²) in [6, 6.07) is 0. The predicted octanol–water partition coefficient (Wildman–Crippen LogP) is 6.71. The Morgan fingerprint density at radius 1 is 1.17 bits per heavy atom. The van der Waals surface area contributed by atoms with E-state index in [-0.39, 0.29) is 16.8 Å². The summed E-state index contributed by atoms with van der Waals surface area (Å²) >= 11 is 10.9. The molecular weight excluding hydrogens is 420 g/mol. The Balaban J connectivity index is 1.51. The molecule has 0 radical (unpaired) electrons. The molecule has 5 rings (SSSR count). The number of halogens is 1. The van der Waals surface area contributed by atoms with E-state index in [1.807, 2.05) is 0 Å². The van der Waals surface area contributed by atoms with Crippen LogP contribution in [0.1, 0.15) is 58.8 Å². The summed E-state index contributed by atoms with van der Waals surface area (Å²) in [5, 5.41) is 0.340. The monoisotopic (exact) mass is 450 g/mol. The number of fused-ring (bicyclic) bond motifs is 5. The van der Waals surface area contributed by atoms with Gasteiger partial charge in [-0.1, -0.05) is 48.7 Å². The second kappa shape index (κ2) is 7.10. The van der Waals surface area contributed by atoms with Crippen molar-refractivity contribution in [2.45, 2.75) is 62.9 Å². The zero-order valence-electron chi connectivity index (χ0n) is 17.7. The van der Waals surface area contributed by atoms with Crippen LogP contribution in [-0.4, -0.2) is 28.7 Å². The smallest absolute Gasteiger partial charge is 0.349 e. The molecule has 4 aliphatic carbocycles. The summed E-state index contributed by atoms with van der Waals surface area (Å²) in [4.78, 5) is 12.1. The third kappa shape index (κ3) is 2.95. The maximum Gasteiger partial charge on any atom is 0.349 e. The van der Waals surface area contributed by atoms with E-state index in [2.05, 4.69) is 49.5 Å². The van der Waals surface area contributed by atoms with Gasteiger partial charge in [-0.25, -0.2) is 4.79 Å². The van der Waals surface area contributed by atoms with E-state index in [0.29, 0.717) is 20.9 Å². The predicted molar refractivity (Wildman–Crippen MR) is 124 cm³/mol. The number of thioether (sulfide) groups is 2. The van der Waals surface area contributed by atoms with Crippen molar-refractivity contribution < 1.29 is 9.53 Å². The summed E-state index contributed by atoms with van der Waals surface area (Å²) in [7, 11) is 1.42. The zero-order valence-corrected chi connectivity index (χ0v) is 20.1. The molecule has 0 bridgehead atoms. The first-order valence-corrected chi connectivity index (χ1v) is 13.4. The molecule has 1 heterocycles. The molecule has 0 amide bonds. The summed E-state index contributed by atoms with van der Waals surface area (Å²) in [5.74, 6) is 3.46. The fourth-order valence-corrected chi connectivity index (χ4v) is 10.6. The highest BCUT2D eigenvalue weighted by Crippen LogP contribution is 2.67. The summed E-state index contributed by atoms with van der Waals surface area (Å²) in [6.45, 7) is 4.86. The van der Waals surface area contributed by atoms with E-state index in [9.17, 15) is 4.79 Å². The van der Waals surface area contributed by atoms with Crippen LogP contribution in [0.2, 0.25) is 0 Å². The lowest BCUT2D eigenvalue weighted by Gasteiger charge is -2.54. The molecule has 0 aromatic rings. The second-order valence-electron chi connectivity index (χ2n) is 9.87. The maximum atomic E-state index is 12.1. The molecule has 29 heavy (non-hydrogen) atoms. The van der Waals surface area contributed by atoms with Crippen LogP contribution in [0.15, 0.2) is 33.9 Å². The average Bonchev–Trinajstić information content (AvgIpc) is 3.31. The molecule has 0 N–H and O–H groups in total. The fraction of sp³-hybridized carbons (Fsp3) is 0.708. The summed E-state index contributed by atoms with van der Waals surface area (Å²) in [5.41, 5.74) is 4.80. The van der Waals surface area contributed by atoms with E-state index < -0.39 is 0 Å². The van der Waals surface area contributed by atoms with Gasteiger partial charge < -0.3 is 4.74 Å². The van der Waals surface area contributed by atoms with Crippen LogP contribution in [0.5, 0.6) is 0 Å². The fourth-order valence-electron chi connectivity index (χ4n) is 7.07. The van der Waals surface area contributed by atoms with Crippen LogP contribution in [0, 0.1) is 22.7 Å². The number of rotatable bonds is 1. The lowest BCUT2D eigenvalue weighted by atomic mass is 9.51. The standard InChI is InChI=1S/C24H31ClO2S2/c1-22-10-11-24(28-12-13-29-24)14-15(22)4-5-16-17-6-7-19(20(25)21(26)27-3)23(17,2)9-8-18(16)22/h8,14,16-17H,4-7,9-13H2,1-3H3/b20-19+/t16-,17-,22-,23-/m0/s1. The average molecular weight is 451 g/mol. The molecule has 0 aromatic carbocycles. The van der Waals surface area contributed by atoms with Crippen molar-refractivity contribution in [3.8, 4) is 0 Å². The highest BCUT2D eigenvalue weighted by Gasteiger charge is 2.56. The Hall–Kier alpha value is -0.320. The number of allylic oxidation sites excluding steroid dienone is 4. The highest BCUT2D eigenvalue weighted by atomic mass is 35.5. The lowest BCUT2D eigenvalue weighted by Crippen LogP contribution is -2.44. The van der Waals surface area contributed by atoms with E-state index in [4.69, 9.17) is 16.3 Å². The Morgan fingerprint density at radius 3 is 2.66 bits per heavy atom. The topological polar surface area (TPSA) is 26.3 Å². The quantitative estimate of drug-likeness (QED) is 0.252. The molecule has 2 nitrogen and oxygen atoms in total. The van der Waals surface area contributed by atoms with Crippen LogP contribution in [0.25, 0.3) is 0 Å². The van der Waals surface area contributed by atoms with Gasteiger partial charge in [-0.05, 0) is 67.8 Å². The largest absolute Gasteiger partial charge is 0.465 e. The minimum absolute atomic E-state index is 0.00403. The van der Waals surface area contributed by atoms with Crippen molar-refractivity contribution in [1.82, 2.24) is 0 Å². The molecule has 0 unspecified atom stereocenters. The van der Waals surface area contributed by atoms with Crippen LogP contribution in [-0.2, 0) is 9.53 Å². The Morgan fingerprint density at radius 2 is 1.93 bits per heavy atom. The third-order valence-electron chi connectivity index (χ3n) is 8.69. The molecule has 0 aromatic heterocycles. The van der Waals surface area contributed by atoms with E-state index in [0.717, 1.165) is 24.8 Å². The van der Waals surface area contributed by atoms with Crippen LogP contribution in [0.4, 0.5) is 0 Å². The molecule has 1 aliphatic heterocycles. The first-order valence-electron chi connectivity index (χ1n) is 11.0.